The molecule has 8 heteroatoms. The van der Waals surface area contributed by atoms with Crippen LogP contribution in [0.3, 0.4) is 0 Å². The van der Waals surface area contributed by atoms with Crippen molar-refractivity contribution in [3.05, 3.63) is 47.6 Å². The minimum Gasteiger partial charge on any atom is -0.462 e. The van der Waals surface area contributed by atoms with Gasteiger partial charge in [0.05, 0.1) is 30.0 Å². The molecule has 1 aromatic carbocycles. The molecule has 0 spiro atoms. The van der Waals surface area contributed by atoms with E-state index in [4.69, 9.17) is 13.9 Å². The lowest BCUT2D eigenvalue weighted by molar-refractivity contribution is 0.0526. The maximum Gasteiger partial charge on any atom is 0.338 e. The van der Waals surface area contributed by atoms with Gasteiger partial charge in [-0.2, -0.15) is 0 Å². The number of furan rings is 1. The van der Waals surface area contributed by atoms with E-state index in [2.05, 4.69) is 9.97 Å². The first-order valence-corrected chi connectivity index (χ1v) is 8.32. The largest absolute Gasteiger partial charge is 0.462 e. The van der Waals surface area contributed by atoms with Crippen molar-refractivity contribution in [3.8, 4) is 11.6 Å². The van der Waals surface area contributed by atoms with Crippen molar-refractivity contribution in [2.75, 3.05) is 20.7 Å². The van der Waals surface area contributed by atoms with Crippen LogP contribution in [0.1, 0.15) is 33.5 Å². The van der Waals surface area contributed by atoms with Crippen LogP contribution < -0.4 is 4.74 Å². The Morgan fingerprint density at radius 2 is 1.93 bits per heavy atom. The van der Waals surface area contributed by atoms with E-state index < -0.39 is 5.97 Å². The second kappa shape index (κ2) is 7.45. The van der Waals surface area contributed by atoms with Gasteiger partial charge in [-0.15, -0.1) is 0 Å². The Hall–Kier alpha value is -3.42. The molecule has 0 aliphatic carbocycles. The van der Waals surface area contributed by atoms with Crippen LogP contribution in [0.2, 0.25) is 0 Å². The van der Waals surface area contributed by atoms with Crippen LogP contribution in [-0.2, 0) is 4.74 Å². The van der Waals surface area contributed by atoms with Gasteiger partial charge in [-0.05, 0) is 32.0 Å². The second-order valence-corrected chi connectivity index (χ2v) is 6.01. The first kappa shape index (κ1) is 18.4. The molecular formula is C19H19N3O5. The molecule has 0 aliphatic heterocycles. The molecule has 0 atom stereocenters. The zero-order valence-corrected chi connectivity index (χ0v) is 15.5. The third kappa shape index (κ3) is 3.89. The summed E-state index contributed by atoms with van der Waals surface area (Å²) >= 11 is 0. The lowest BCUT2D eigenvalue weighted by Gasteiger charge is -2.10. The number of carbonyl (C=O) groups excluding carboxylic acids is 2. The predicted molar refractivity (Wildman–Crippen MR) is 97.0 cm³/mol. The monoisotopic (exact) mass is 369 g/mol. The molecule has 0 aliphatic rings. The highest BCUT2D eigenvalue weighted by Crippen LogP contribution is 2.33. The molecule has 1 amide bonds. The lowest BCUT2D eigenvalue weighted by Crippen LogP contribution is -2.22. The zero-order valence-electron chi connectivity index (χ0n) is 15.5. The summed E-state index contributed by atoms with van der Waals surface area (Å²) < 4.78 is 16.5. The number of hydrogen-bond donors (Lipinski definition) is 0. The first-order valence-electron chi connectivity index (χ1n) is 8.32. The maximum atomic E-state index is 12.1. The van der Waals surface area contributed by atoms with Gasteiger partial charge in [-0.3, -0.25) is 4.79 Å². The van der Waals surface area contributed by atoms with Gasteiger partial charge >= 0.3 is 5.97 Å². The Morgan fingerprint density at radius 1 is 1.15 bits per heavy atom. The van der Waals surface area contributed by atoms with Gasteiger partial charge in [0.1, 0.15) is 22.8 Å². The number of benzene rings is 1. The number of carbonyl (C=O) groups is 2. The van der Waals surface area contributed by atoms with Gasteiger partial charge in [0.25, 0.3) is 5.91 Å². The Bertz CT molecular complexity index is 992. The van der Waals surface area contributed by atoms with E-state index >= 15 is 0 Å². The summed E-state index contributed by atoms with van der Waals surface area (Å²) in [6, 6.07) is 4.98. The average molecular weight is 369 g/mol. The Kier molecular flexibility index (Phi) is 5.07. The van der Waals surface area contributed by atoms with Crippen molar-refractivity contribution in [1.82, 2.24) is 14.9 Å². The van der Waals surface area contributed by atoms with Crippen LogP contribution in [0.5, 0.6) is 11.6 Å². The fraction of sp³-hybridized carbons (Fsp3) is 0.263. The molecule has 2 heterocycles. The van der Waals surface area contributed by atoms with E-state index in [1.54, 1.807) is 46.1 Å². The third-order valence-electron chi connectivity index (χ3n) is 3.70. The fourth-order valence-electron chi connectivity index (χ4n) is 2.47. The Morgan fingerprint density at radius 3 is 2.56 bits per heavy atom. The van der Waals surface area contributed by atoms with Crippen molar-refractivity contribution in [1.29, 1.82) is 0 Å². The van der Waals surface area contributed by atoms with Crippen molar-refractivity contribution in [2.45, 2.75) is 13.8 Å². The van der Waals surface area contributed by atoms with Crippen molar-refractivity contribution < 1.29 is 23.5 Å². The summed E-state index contributed by atoms with van der Waals surface area (Å²) in [5.41, 5.74) is 1.01. The van der Waals surface area contributed by atoms with Crippen molar-refractivity contribution >= 4 is 22.8 Å². The summed E-state index contributed by atoms with van der Waals surface area (Å²) in [5, 5.41) is 0.691. The SMILES string of the molecule is CCOC(=O)c1cc(Oc2cnc(C(=O)N(C)C)cn2)c2cc(C)oc2c1. The lowest BCUT2D eigenvalue weighted by atomic mass is 10.1. The summed E-state index contributed by atoms with van der Waals surface area (Å²) in [6.07, 6.45) is 2.69. The van der Waals surface area contributed by atoms with Crippen LogP contribution in [0.4, 0.5) is 0 Å². The number of esters is 1. The average Bonchev–Trinajstić information content (AvgIpc) is 3.02. The molecule has 0 fully saturated rings. The van der Waals surface area contributed by atoms with Gasteiger partial charge in [-0.25, -0.2) is 14.8 Å². The second-order valence-electron chi connectivity index (χ2n) is 6.01. The number of nitrogens with zero attached hydrogens (tertiary/aromatic N) is 3. The molecule has 0 N–H and O–H groups in total. The van der Waals surface area contributed by atoms with Crippen LogP contribution in [0.15, 0.2) is 35.0 Å². The number of ether oxygens (including phenoxy) is 2. The summed E-state index contributed by atoms with van der Waals surface area (Å²) in [4.78, 5) is 33.6. The van der Waals surface area contributed by atoms with E-state index in [9.17, 15) is 9.59 Å². The number of aromatic nitrogens is 2. The maximum absolute atomic E-state index is 12.1. The molecular weight excluding hydrogens is 350 g/mol. The Labute approximate surface area is 155 Å². The molecule has 2 aromatic heterocycles. The summed E-state index contributed by atoms with van der Waals surface area (Å²) in [5.74, 6) is 0.510. The van der Waals surface area contributed by atoms with Crippen LogP contribution in [0.25, 0.3) is 11.0 Å². The molecule has 0 unspecified atom stereocenters. The summed E-state index contributed by atoms with van der Waals surface area (Å²) in [7, 11) is 3.26. The normalized spacial score (nSPS) is 10.7. The standard InChI is InChI=1S/C19H19N3O5/c1-5-25-19(24)12-7-15-13(6-11(2)26-15)16(8-12)27-17-10-20-14(9-21-17)18(23)22(3)4/h6-10H,5H2,1-4H3. The van der Waals surface area contributed by atoms with Crippen LogP contribution in [-0.4, -0.2) is 47.4 Å². The quantitative estimate of drug-likeness (QED) is 0.637. The van der Waals surface area contributed by atoms with Crippen LogP contribution in [0, 0.1) is 6.92 Å². The molecule has 3 aromatic rings. The fourth-order valence-corrected chi connectivity index (χ4v) is 2.47. The molecule has 0 saturated heterocycles. The smallest absolute Gasteiger partial charge is 0.338 e. The van der Waals surface area contributed by atoms with Crippen molar-refractivity contribution in [2.24, 2.45) is 0 Å². The van der Waals surface area contributed by atoms with Crippen LogP contribution >= 0.6 is 0 Å². The number of amides is 1. The zero-order chi connectivity index (χ0) is 19.6. The number of fused-ring (bicyclic) bond motifs is 1. The highest BCUT2D eigenvalue weighted by Gasteiger charge is 2.17. The molecule has 0 saturated carbocycles. The number of hydrogen-bond acceptors (Lipinski definition) is 7. The highest BCUT2D eigenvalue weighted by molar-refractivity contribution is 5.97. The van der Waals surface area contributed by atoms with Gasteiger partial charge in [-0.1, -0.05) is 0 Å². The van der Waals surface area contributed by atoms with Crippen molar-refractivity contribution in [3.63, 3.8) is 0 Å². The predicted octanol–water partition coefficient (Wildman–Crippen LogP) is 3.20. The number of rotatable bonds is 5. The van der Waals surface area contributed by atoms with Gasteiger partial charge in [0.2, 0.25) is 5.88 Å². The Balaban J connectivity index is 1.95. The van der Waals surface area contributed by atoms with Gasteiger partial charge < -0.3 is 18.8 Å². The molecule has 27 heavy (non-hydrogen) atoms. The third-order valence-corrected chi connectivity index (χ3v) is 3.70. The molecule has 3 rings (SSSR count). The number of aryl methyl sites for hydroxylation is 1. The minimum absolute atomic E-state index is 0.187. The topological polar surface area (TPSA) is 94.8 Å². The van der Waals surface area contributed by atoms with E-state index in [1.807, 2.05) is 0 Å². The van der Waals surface area contributed by atoms with E-state index in [1.165, 1.54) is 17.3 Å². The molecule has 8 nitrogen and oxygen atoms in total. The first-order chi connectivity index (χ1) is 12.9. The van der Waals surface area contributed by atoms with E-state index in [0.29, 0.717) is 28.0 Å². The van der Waals surface area contributed by atoms with Gasteiger partial charge in [0.15, 0.2) is 0 Å². The molecule has 0 radical (unpaired) electrons. The minimum atomic E-state index is -0.476. The van der Waals surface area contributed by atoms with E-state index in [-0.39, 0.29) is 24.1 Å². The van der Waals surface area contributed by atoms with Gasteiger partial charge in [0, 0.05) is 14.1 Å². The van der Waals surface area contributed by atoms with E-state index in [0.717, 1.165) is 0 Å². The molecule has 140 valence electrons. The summed E-state index contributed by atoms with van der Waals surface area (Å²) in [6.45, 7) is 3.80. The highest BCUT2D eigenvalue weighted by atomic mass is 16.5. The molecule has 0 bridgehead atoms.